The van der Waals surface area contributed by atoms with E-state index in [0.29, 0.717) is 12.3 Å². The second-order valence-corrected chi connectivity index (χ2v) is 8.19. The van der Waals surface area contributed by atoms with Crippen molar-refractivity contribution in [3.05, 3.63) is 30.5 Å². The van der Waals surface area contributed by atoms with Crippen LogP contribution >= 0.6 is 0 Å². The Morgan fingerprint density at radius 1 is 1.17 bits per heavy atom. The molecule has 1 aliphatic rings. The molecule has 1 amide bonds. The van der Waals surface area contributed by atoms with Crippen molar-refractivity contribution in [2.45, 2.75) is 58.3 Å². The Balaban J connectivity index is 1.45. The molecule has 1 aromatic carbocycles. The Bertz CT molecular complexity index is 785. The number of likely N-dealkylation sites (tertiary alicyclic amines) is 1. The summed E-state index contributed by atoms with van der Waals surface area (Å²) in [5, 5.41) is 4.02. The first-order chi connectivity index (χ1) is 14.2. The second kappa shape index (κ2) is 11.1. The van der Waals surface area contributed by atoms with E-state index in [1.54, 1.807) is 13.3 Å². The van der Waals surface area contributed by atoms with Crippen LogP contribution < -0.4 is 10.1 Å². The summed E-state index contributed by atoms with van der Waals surface area (Å²) in [6, 6.07) is 7.60. The average molecular weight is 398 g/mol. The van der Waals surface area contributed by atoms with Gasteiger partial charge in [0.15, 0.2) is 0 Å². The van der Waals surface area contributed by atoms with Gasteiger partial charge in [0.25, 0.3) is 0 Å². The van der Waals surface area contributed by atoms with Gasteiger partial charge in [0.1, 0.15) is 5.75 Å². The minimum atomic E-state index is 0.0957. The van der Waals surface area contributed by atoms with Gasteiger partial charge < -0.3 is 15.0 Å². The van der Waals surface area contributed by atoms with Crippen molar-refractivity contribution in [3.8, 4) is 5.75 Å². The first-order valence-corrected chi connectivity index (χ1v) is 11.1. The third kappa shape index (κ3) is 6.43. The largest absolute Gasteiger partial charge is 0.497 e. The molecule has 29 heavy (non-hydrogen) atoms. The summed E-state index contributed by atoms with van der Waals surface area (Å²) in [4.78, 5) is 19.6. The van der Waals surface area contributed by atoms with Gasteiger partial charge >= 0.3 is 0 Å². The number of benzene rings is 1. The topological polar surface area (TPSA) is 54.5 Å². The lowest BCUT2D eigenvalue weighted by molar-refractivity contribution is -0.117. The zero-order chi connectivity index (χ0) is 20.5. The molecule has 0 saturated carbocycles. The van der Waals surface area contributed by atoms with E-state index in [-0.39, 0.29) is 5.91 Å². The molecule has 1 aromatic heterocycles. The molecule has 0 radical (unpaired) electrons. The molecule has 5 nitrogen and oxygen atoms in total. The zero-order valence-corrected chi connectivity index (χ0v) is 18.0. The highest BCUT2D eigenvalue weighted by Crippen LogP contribution is 2.27. The Morgan fingerprint density at radius 3 is 2.72 bits per heavy atom. The van der Waals surface area contributed by atoms with Crippen LogP contribution in [0.4, 0.5) is 5.69 Å². The Labute approximate surface area is 174 Å². The first-order valence-electron chi connectivity index (χ1n) is 11.1. The van der Waals surface area contributed by atoms with Crippen molar-refractivity contribution in [2.75, 3.05) is 32.1 Å². The molecule has 1 N–H and O–H groups in total. The maximum absolute atomic E-state index is 12.7. The van der Waals surface area contributed by atoms with Crippen LogP contribution in [0.2, 0.25) is 0 Å². The van der Waals surface area contributed by atoms with E-state index < -0.39 is 0 Å². The molecule has 0 atom stereocenters. The predicted octanol–water partition coefficient (Wildman–Crippen LogP) is 5.25. The van der Waals surface area contributed by atoms with Gasteiger partial charge in [-0.15, -0.1) is 0 Å². The minimum Gasteiger partial charge on any atom is -0.497 e. The van der Waals surface area contributed by atoms with Crippen LogP contribution in [0.1, 0.15) is 58.3 Å². The number of methoxy groups -OCH3 is 1. The third-order valence-electron chi connectivity index (χ3n) is 5.98. The SMILES string of the molecule is CCCCCCCN1CCC(CC(=O)Nc2ccnc3ccc(OC)cc23)CC1. The first kappa shape index (κ1) is 21.6. The molecule has 2 aromatic rings. The highest BCUT2D eigenvalue weighted by molar-refractivity contribution is 6.01. The highest BCUT2D eigenvalue weighted by Gasteiger charge is 2.21. The average Bonchev–Trinajstić information content (AvgIpc) is 2.74. The quantitative estimate of drug-likeness (QED) is 0.556. The smallest absolute Gasteiger partial charge is 0.224 e. The summed E-state index contributed by atoms with van der Waals surface area (Å²) in [5.74, 6) is 1.34. The highest BCUT2D eigenvalue weighted by atomic mass is 16.5. The van der Waals surface area contributed by atoms with Crippen LogP contribution in [-0.2, 0) is 4.79 Å². The maximum Gasteiger partial charge on any atom is 0.224 e. The molecule has 1 saturated heterocycles. The van der Waals surface area contributed by atoms with Crippen molar-refractivity contribution in [1.29, 1.82) is 0 Å². The number of nitrogens with zero attached hydrogens (tertiary/aromatic N) is 2. The number of pyridine rings is 1. The van der Waals surface area contributed by atoms with Crippen molar-refractivity contribution in [2.24, 2.45) is 5.92 Å². The van der Waals surface area contributed by atoms with E-state index >= 15 is 0 Å². The molecule has 3 rings (SSSR count). The summed E-state index contributed by atoms with van der Waals surface area (Å²) >= 11 is 0. The monoisotopic (exact) mass is 397 g/mol. The van der Waals surface area contributed by atoms with E-state index in [1.165, 1.54) is 38.6 Å². The van der Waals surface area contributed by atoms with E-state index in [0.717, 1.165) is 48.3 Å². The molecule has 5 heteroatoms. The van der Waals surface area contributed by atoms with Gasteiger partial charge in [0, 0.05) is 18.0 Å². The number of carbonyl (C=O) groups is 1. The Hall–Kier alpha value is -2.14. The minimum absolute atomic E-state index is 0.0957. The standard InChI is InChI=1S/C24H35N3O2/c1-3-4-5-6-7-14-27-15-11-19(12-16-27)17-24(28)26-23-10-13-25-22-9-8-20(29-2)18-21(22)23/h8-10,13,18-19H,3-7,11-12,14-17H2,1-2H3,(H,25,26,28). The fourth-order valence-electron chi connectivity index (χ4n) is 4.18. The Morgan fingerprint density at radius 2 is 1.97 bits per heavy atom. The lowest BCUT2D eigenvalue weighted by atomic mass is 9.93. The zero-order valence-electron chi connectivity index (χ0n) is 18.0. The van der Waals surface area contributed by atoms with E-state index in [4.69, 9.17) is 4.74 Å². The molecule has 0 aliphatic carbocycles. The molecule has 0 bridgehead atoms. The van der Waals surface area contributed by atoms with Crippen LogP contribution in [0, 0.1) is 5.92 Å². The Kier molecular flexibility index (Phi) is 8.29. The van der Waals surface area contributed by atoms with Crippen molar-refractivity contribution < 1.29 is 9.53 Å². The number of anilines is 1. The van der Waals surface area contributed by atoms with Crippen molar-refractivity contribution >= 4 is 22.5 Å². The molecule has 0 unspecified atom stereocenters. The van der Waals surface area contributed by atoms with Gasteiger partial charge in [-0.3, -0.25) is 9.78 Å². The van der Waals surface area contributed by atoms with Crippen LogP contribution in [0.25, 0.3) is 10.9 Å². The number of fused-ring (bicyclic) bond motifs is 1. The molecule has 158 valence electrons. The number of unbranched alkanes of at least 4 members (excludes halogenated alkanes) is 4. The normalized spacial score (nSPS) is 15.5. The number of aromatic nitrogens is 1. The number of piperidine rings is 1. The second-order valence-electron chi connectivity index (χ2n) is 8.19. The third-order valence-corrected chi connectivity index (χ3v) is 5.98. The van der Waals surface area contributed by atoms with Gasteiger partial charge in [-0.1, -0.05) is 32.6 Å². The molecule has 1 fully saturated rings. The summed E-state index contributed by atoms with van der Waals surface area (Å²) < 4.78 is 5.32. The van der Waals surface area contributed by atoms with Crippen molar-refractivity contribution in [1.82, 2.24) is 9.88 Å². The predicted molar refractivity (Wildman–Crippen MR) is 119 cm³/mol. The van der Waals surface area contributed by atoms with Crippen LogP contribution in [0.15, 0.2) is 30.5 Å². The molecular formula is C24H35N3O2. The van der Waals surface area contributed by atoms with Gasteiger partial charge in [-0.25, -0.2) is 0 Å². The number of hydrogen-bond donors (Lipinski definition) is 1. The van der Waals surface area contributed by atoms with Gasteiger partial charge in [-0.05, 0) is 69.1 Å². The van der Waals surface area contributed by atoms with Crippen LogP contribution in [-0.4, -0.2) is 42.5 Å². The maximum atomic E-state index is 12.7. The van der Waals surface area contributed by atoms with Gasteiger partial charge in [0.05, 0.1) is 18.3 Å². The molecule has 1 aliphatic heterocycles. The number of nitrogens with one attached hydrogen (secondary N) is 1. The number of ether oxygens (including phenoxy) is 1. The lowest BCUT2D eigenvalue weighted by Crippen LogP contribution is -2.35. The van der Waals surface area contributed by atoms with E-state index in [9.17, 15) is 4.79 Å². The molecular weight excluding hydrogens is 362 g/mol. The van der Waals surface area contributed by atoms with Crippen LogP contribution in [0.3, 0.4) is 0 Å². The van der Waals surface area contributed by atoms with Crippen LogP contribution in [0.5, 0.6) is 5.75 Å². The molecule has 2 heterocycles. The van der Waals surface area contributed by atoms with Gasteiger partial charge in [-0.2, -0.15) is 0 Å². The molecule has 0 spiro atoms. The van der Waals surface area contributed by atoms with E-state index in [1.807, 2.05) is 24.3 Å². The fraction of sp³-hybridized carbons (Fsp3) is 0.583. The van der Waals surface area contributed by atoms with Gasteiger partial charge in [0.2, 0.25) is 5.91 Å². The fourth-order valence-corrected chi connectivity index (χ4v) is 4.18. The number of amides is 1. The summed E-state index contributed by atoms with van der Waals surface area (Å²) in [6.07, 6.45) is 11.3. The summed E-state index contributed by atoms with van der Waals surface area (Å²) in [6.45, 7) is 5.73. The summed E-state index contributed by atoms with van der Waals surface area (Å²) in [7, 11) is 1.65. The van der Waals surface area contributed by atoms with E-state index in [2.05, 4.69) is 22.1 Å². The number of hydrogen-bond acceptors (Lipinski definition) is 4. The van der Waals surface area contributed by atoms with Crippen molar-refractivity contribution in [3.63, 3.8) is 0 Å². The lowest BCUT2D eigenvalue weighted by Gasteiger charge is -2.31. The summed E-state index contributed by atoms with van der Waals surface area (Å²) in [5.41, 5.74) is 1.67. The number of rotatable bonds is 10. The number of carbonyl (C=O) groups excluding carboxylic acids is 1.